The zero-order chi connectivity index (χ0) is 16.3. The molecule has 2 heterocycles. The lowest BCUT2D eigenvalue weighted by Gasteiger charge is -2.24. The summed E-state index contributed by atoms with van der Waals surface area (Å²) in [6.45, 7) is 5.44. The number of pyridine rings is 2. The van der Waals surface area contributed by atoms with Crippen molar-refractivity contribution in [1.82, 2.24) is 9.66 Å². The first-order valence-corrected chi connectivity index (χ1v) is 7.81. The number of rotatable bonds is 4. The Kier molecular flexibility index (Phi) is 5.03. The number of aryl methyl sites for hydroxylation is 1. The third-order valence-electron chi connectivity index (χ3n) is 3.47. The van der Waals surface area contributed by atoms with Gasteiger partial charge in [-0.05, 0) is 30.2 Å². The van der Waals surface area contributed by atoms with E-state index in [9.17, 15) is 9.59 Å². The normalized spacial score (nSPS) is 10.7. The molecule has 2 aromatic heterocycles. The van der Waals surface area contributed by atoms with E-state index in [0.29, 0.717) is 10.3 Å². The molecular formula is C16H19N3O2S. The molecule has 0 aliphatic rings. The second kappa shape index (κ2) is 6.79. The molecule has 0 fully saturated rings. The number of hydrogen-bond donors (Lipinski definition) is 0. The molecule has 2 aromatic rings. The van der Waals surface area contributed by atoms with Gasteiger partial charge in [-0.1, -0.05) is 33.0 Å². The Morgan fingerprint density at radius 1 is 1.23 bits per heavy atom. The fraction of sp³-hybridized carbons (Fsp3) is 0.375. The molecule has 0 bridgehead atoms. The average Bonchev–Trinajstić information content (AvgIpc) is 2.55. The van der Waals surface area contributed by atoms with Gasteiger partial charge < -0.3 is 0 Å². The van der Waals surface area contributed by atoms with E-state index in [1.54, 1.807) is 20.0 Å². The first kappa shape index (κ1) is 16.3. The number of carbonyl (C=O) groups excluding carboxylic acids is 2. The number of imide groups is 1. The molecule has 0 spiro atoms. The summed E-state index contributed by atoms with van der Waals surface area (Å²) in [5, 5.41) is 1.99. The van der Waals surface area contributed by atoms with E-state index < -0.39 is 0 Å². The number of fused-ring (bicyclic) bond motifs is 1. The van der Waals surface area contributed by atoms with Gasteiger partial charge >= 0.3 is 0 Å². The van der Waals surface area contributed by atoms with E-state index in [2.05, 4.69) is 4.98 Å². The molecule has 0 saturated heterocycles. The standard InChI is InChI=1S/C16H19N3O2S/c1-4-11-10-12-8-7-9-17-15(12)19(16(11)22)18(13(20)5-2)14(21)6-3/h7-10H,4-6H2,1-3H3. The quantitative estimate of drug-likeness (QED) is 0.813. The van der Waals surface area contributed by atoms with Gasteiger partial charge in [-0.25, -0.2) is 9.66 Å². The first-order chi connectivity index (χ1) is 10.5. The van der Waals surface area contributed by atoms with Crippen LogP contribution in [0, 0.1) is 4.64 Å². The summed E-state index contributed by atoms with van der Waals surface area (Å²) in [6.07, 6.45) is 2.79. The van der Waals surface area contributed by atoms with Gasteiger partial charge in [-0.15, -0.1) is 0 Å². The fourth-order valence-electron chi connectivity index (χ4n) is 2.28. The zero-order valence-corrected chi connectivity index (χ0v) is 13.8. The minimum atomic E-state index is -0.289. The maximum absolute atomic E-state index is 12.3. The number of nitrogens with zero attached hydrogens (tertiary/aromatic N) is 3. The molecule has 2 amide bonds. The van der Waals surface area contributed by atoms with Crippen molar-refractivity contribution in [3.05, 3.63) is 34.6 Å². The Morgan fingerprint density at radius 2 is 1.86 bits per heavy atom. The Hall–Kier alpha value is -2.08. The van der Waals surface area contributed by atoms with Crippen LogP contribution in [0.5, 0.6) is 0 Å². The summed E-state index contributed by atoms with van der Waals surface area (Å²) >= 11 is 5.51. The van der Waals surface area contributed by atoms with E-state index in [1.807, 2.05) is 25.1 Å². The highest BCUT2D eigenvalue weighted by Gasteiger charge is 2.23. The molecule has 6 heteroatoms. The highest BCUT2D eigenvalue weighted by Crippen LogP contribution is 2.18. The predicted octanol–water partition coefficient (Wildman–Crippen LogP) is 3.14. The Morgan fingerprint density at radius 3 is 2.41 bits per heavy atom. The van der Waals surface area contributed by atoms with Crippen LogP contribution in [0.2, 0.25) is 0 Å². The van der Waals surface area contributed by atoms with E-state index in [4.69, 9.17) is 12.2 Å². The summed E-state index contributed by atoms with van der Waals surface area (Å²) in [4.78, 5) is 29.0. The van der Waals surface area contributed by atoms with Crippen molar-refractivity contribution in [2.75, 3.05) is 5.01 Å². The van der Waals surface area contributed by atoms with Crippen molar-refractivity contribution in [1.29, 1.82) is 0 Å². The topological polar surface area (TPSA) is 55.2 Å². The highest BCUT2D eigenvalue weighted by molar-refractivity contribution is 7.71. The third-order valence-corrected chi connectivity index (χ3v) is 3.91. The van der Waals surface area contributed by atoms with Gasteiger partial charge in [0, 0.05) is 24.4 Å². The highest BCUT2D eigenvalue weighted by atomic mass is 32.1. The number of hydrogen-bond acceptors (Lipinski definition) is 4. The molecule has 2 rings (SSSR count). The lowest BCUT2D eigenvalue weighted by atomic mass is 10.2. The van der Waals surface area contributed by atoms with Gasteiger partial charge in [0.15, 0.2) is 5.65 Å². The van der Waals surface area contributed by atoms with Crippen LogP contribution in [-0.2, 0) is 16.0 Å². The fourth-order valence-corrected chi connectivity index (χ4v) is 2.65. The largest absolute Gasteiger partial charge is 0.273 e. The molecule has 22 heavy (non-hydrogen) atoms. The third kappa shape index (κ3) is 2.78. The van der Waals surface area contributed by atoms with E-state index in [1.165, 1.54) is 4.68 Å². The summed E-state index contributed by atoms with van der Waals surface area (Å²) in [5.74, 6) is -0.577. The zero-order valence-electron chi connectivity index (χ0n) is 13.0. The van der Waals surface area contributed by atoms with Crippen molar-refractivity contribution >= 4 is 35.1 Å². The van der Waals surface area contributed by atoms with Crippen LogP contribution in [0.1, 0.15) is 39.2 Å². The second-order valence-corrected chi connectivity index (χ2v) is 5.25. The predicted molar refractivity (Wildman–Crippen MR) is 88.8 cm³/mol. The summed E-state index contributed by atoms with van der Waals surface area (Å²) < 4.78 is 1.94. The number of aromatic nitrogens is 2. The van der Waals surface area contributed by atoms with Crippen molar-refractivity contribution in [2.24, 2.45) is 0 Å². The van der Waals surface area contributed by atoms with Crippen molar-refractivity contribution < 1.29 is 9.59 Å². The second-order valence-electron chi connectivity index (χ2n) is 4.86. The lowest BCUT2D eigenvalue weighted by Crippen LogP contribution is -2.45. The minimum absolute atomic E-state index is 0.220. The van der Waals surface area contributed by atoms with Crippen LogP contribution in [0.4, 0.5) is 0 Å². The summed E-state index contributed by atoms with van der Waals surface area (Å²) in [6, 6.07) is 5.69. The molecule has 0 radical (unpaired) electrons. The molecule has 0 N–H and O–H groups in total. The molecule has 0 aromatic carbocycles. The van der Waals surface area contributed by atoms with Gasteiger partial charge in [-0.2, -0.15) is 5.01 Å². The van der Waals surface area contributed by atoms with Gasteiger partial charge in [0.2, 0.25) is 11.8 Å². The lowest BCUT2D eigenvalue weighted by molar-refractivity contribution is -0.128. The van der Waals surface area contributed by atoms with Crippen LogP contribution in [0.25, 0.3) is 11.0 Å². The molecular weight excluding hydrogens is 298 g/mol. The van der Waals surface area contributed by atoms with Gasteiger partial charge in [-0.3, -0.25) is 9.59 Å². The SMILES string of the molecule is CCC(=O)N(C(=O)CC)n1c(=S)c(CC)cc2cccnc21. The maximum atomic E-state index is 12.3. The molecule has 0 atom stereocenters. The molecule has 116 valence electrons. The van der Waals surface area contributed by atoms with Crippen molar-refractivity contribution in [3.63, 3.8) is 0 Å². The Balaban J connectivity index is 2.86. The smallest absolute Gasteiger partial charge is 0.248 e. The van der Waals surface area contributed by atoms with Crippen LogP contribution in [0.15, 0.2) is 24.4 Å². The summed E-state index contributed by atoms with van der Waals surface area (Å²) in [5.41, 5.74) is 1.43. The molecule has 0 saturated carbocycles. The van der Waals surface area contributed by atoms with Gasteiger partial charge in [0.1, 0.15) is 4.64 Å². The summed E-state index contributed by atoms with van der Waals surface area (Å²) in [7, 11) is 0. The number of amides is 2. The van der Waals surface area contributed by atoms with E-state index >= 15 is 0 Å². The molecule has 0 aliphatic carbocycles. The maximum Gasteiger partial charge on any atom is 0.248 e. The molecule has 0 unspecified atom stereocenters. The van der Waals surface area contributed by atoms with E-state index in [0.717, 1.165) is 22.4 Å². The average molecular weight is 317 g/mol. The Labute approximate surface area is 134 Å². The monoisotopic (exact) mass is 317 g/mol. The van der Waals surface area contributed by atoms with Gasteiger partial charge in [0.25, 0.3) is 0 Å². The van der Waals surface area contributed by atoms with Crippen LogP contribution >= 0.6 is 12.2 Å². The Bertz CT molecular complexity index is 767. The van der Waals surface area contributed by atoms with Crippen LogP contribution in [0.3, 0.4) is 0 Å². The van der Waals surface area contributed by atoms with Crippen LogP contribution in [-0.4, -0.2) is 21.5 Å². The van der Waals surface area contributed by atoms with E-state index in [-0.39, 0.29) is 24.7 Å². The first-order valence-electron chi connectivity index (χ1n) is 7.40. The molecule has 0 aliphatic heterocycles. The minimum Gasteiger partial charge on any atom is -0.273 e. The van der Waals surface area contributed by atoms with Gasteiger partial charge in [0.05, 0.1) is 0 Å². The number of carbonyl (C=O) groups is 2. The molecule has 5 nitrogen and oxygen atoms in total. The van der Waals surface area contributed by atoms with Crippen molar-refractivity contribution in [3.8, 4) is 0 Å². The van der Waals surface area contributed by atoms with Crippen molar-refractivity contribution in [2.45, 2.75) is 40.0 Å². The van der Waals surface area contributed by atoms with Crippen LogP contribution < -0.4 is 5.01 Å².